The lowest BCUT2D eigenvalue weighted by molar-refractivity contribution is -0.385. The molecule has 0 heterocycles. The maximum atomic E-state index is 12.1. The van der Waals surface area contributed by atoms with E-state index in [9.17, 15) is 14.9 Å². The molecule has 0 amide bonds. The first-order valence-corrected chi connectivity index (χ1v) is 6.61. The third-order valence-corrected chi connectivity index (χ3v) is 3.38. The lowest BCUT2D eigenvalue weighted by Crippen LogP contribution is -2.09. The lowest BCUT2D eigenvalue weighted by atomic mass is 10.2. The topological polar surface area (TPSA) is 78.7 Å². The molecule has 0 N–H and O–H groups in total. The predicted octanol–water partition coefficient (Wildman–Crippen LogP) is 3.78. The molecule has 6 nitrogen and oxygen atoms in total. The highest BCUT2D eigenvalue weighted by Crippen LogP contribution is 2.28. The van der Waals surface area contributed by atoms with Gasteiger partial charge in [-0.15, -0.1) is 0 Å². The van der Waals surface area contributed by atoms with E-state index in [0.717, 1.165) is 11.6 Å². The Bertz CT molecular complexity index is 745. The molecule has 2 rings (SSSR count). The van der Waals surface area contributed by atoms with Crippen molar-refractivity contribution in [2.45, 2.75) is 6.92 Å². The van der Waals surface area contributed by atoms with Gasteiger partial charge in [0.05, 0.1) is 17.6 Å². The summed E-state index contributed by atoms with van der Waals surface area (Å²) in [5.74, 6) is -0.318. The Morgan fingerprint density at radius 3 is 2.55 bits per heavy atom. The van der Waals surface area contributed by atoms with Gasteiger partial charge >= 0.3 is 11.7 Å². The highest BCUT2D eigenvalue weighted by atomic mass is 35.5. The van der Waals surface area contributed by atoms with Crippen LogP contribution in [0.1, 0.15) is 15.9 Å². The number of nitro benzene ring substituents is 1. The van der Waals surface area contributed by atoms with Crippen LogP contribution in [-0.2, 0) is 0 Å². The first-order valence-electron chi connectivity index (χ1n) is 6.23. The number of halogens is 1. The van der Waals surface area contributed by atoms with E-state index in [0.29, 0.717) is 10.8 Å². The first-order chi connectivity index (χ1) is 10.4. The number of carbonyl (C=O) groups excluding carboxylic acids is 1. The predicted molar refractivity (Wildman–Crippen MR) is 80.8 cm³/mol. The zero-order chi connectivity index (χ0) is 16.3. The Labute approximate surface area is 131 Å². The van der Waals surface area contributed by atoms with E-state index in [-0.39, 0.29) is 17.0 Å². The molecule has 0 unspecified atom stereocenters. The van der Waals surface area contributed by atoms with Crippen LogP contribution in [-0.4, -0.2) is 18.0 Å². The van der Waals surface area contributed by atoms with E-state index in [1.807, 2.05) is 0 Å². The number of benzene rings is 2. The summed E-state index contributed by atoms with van der Waals surface area (Å²) in [5, 5.41) is 11.5. The van der Waals surface area contributed by atoms with Crippen LogP contribution in [0.4, 0.5) is 5.69 Å². The largest absolute Gasteiger partial charge is 0.490 e. The van der Waals surface area contributed by atoms with E-state index in [2.05, 4.69) is 0 Å². The molecule has 114 valence electrons. The second-order valence-corrected chi connectivity index (χ2v) is 4.85. The van der Waals surface area contributed by atoms with Crippen molar-refractivity contribution in [3.63, 3.8) is 0 Å². The molecule has 2 aromatic carbocycles. The summed E-state index contributed by atoms with van der Waals surface area (Å²) in [5.41, 5.74) is 0.511. The molecule has 0 bridgehead atoms. The van der Waals surface area contributed by atoms with Crippen molar-refractivity contribution < 1.29 is 19.2 Å². The third-order valence-electron chi connectivity index (χ3n) is 2.95. The van der Waals surface area contributed by atoms with Gasteiger partial charge in [0.1, 0.15) is 5.75 Å². The minimum absolute atomic E-state index is 0.0557. The number of hydrogen-bond donors (Lipinski definition) is 0. The molecule has 0 aromatic heterocycles. The number of nitro groups is 1. The molecular weight excluding hydrogens is 310 g/mol. The van der Waals surface area contributed by atoms with Crippen LogP contribution in [0.5, 0.6) is 11.5 Å². The fraction of sp³-hybridized carbons (Fsp3) is 0.133. The van der Waals surface area contributed by atoms with Gasteiger partial charge in [-0.25, -0.2) is 4.79 Å². The number of methoxy groups -OCH3 is 1. The first kappa shape index (κ1) is 15.8. The van der Waals surface area contributed by atoms with E-state index < -0.39 is 10.9 Å². The molecule has 0 atom stereocenters. The summed E-state index contributed by atoms with van der Waals surface area (Å²) in [6.07, 6.45) is 0. The van der Waals surface area contributed by atoms with E-state index in [1.165, 1.54) is 19.2 Å². The van der Waals surface area contributed by atoms with Crippen LogP contribution in [0.3, 0.4) is 0 Å². The quantitative estimate of drug-likeness (QED) is 0.370. The molecule has 0 spiro atoms. The van der Waals surface area contributed by atoms with Gasteiger partial charge in [-0.3, -0.25) is 10.1 Å². The molecule has 0 saturated heterocycles. The Kier molecular flexibility index (Phi) is 4.62. The Morgan fingerprint density at radius 2 is 1.95 bits per heavy atom. The number of rotatable bonds is 4. The van der Waals surface area contributed by atoms with Crippen molar-refractivity contribution in [3.05, 3.63) is 62.7 Å². The normalized spacial score (nSPS) is 10.1. The van der Waals surface area contributed by atoms with Crippen molar-refractivity contribution in [3.8, 4) is 11.5 Å². The average molecular weight is 322 g/mol. The van der Waals surface area contributed by atoms with Crippen molar-refractivity contribution in [1.29, 1.82) is 0 Å². The van der Waals surface area contributed by atoms with Gasteiger partial charge in [0, 0.05) is 11.1 Å². The molecule has 2 aromatic rings. The summed E-state index contributed by atoms with van der Waals surface area (Å²) >= 11 is 5.89. The van der Waals surface area contributed by atoms with Crippen LogP contribution in [0, 0.1) is 17.0 Å². The lowest BCUT2D eigenvalue weighted by Gasteiger charge is -2.07. The van der Waals surface area contributed by atoms with Crippen LogP contribution in [0.25, 0.3) is 0 Å². The van der Waals surface area contributed by atoms with Crippen molar-refractivity contribution >= 4 is 23.3 Å². The van der Waals surface area contributed by atoms with E-state index in [1.54, 1.807) is 25.1 Å². The number of aryl methyl sites for hydroxylation is 1. The fourth-order valence-electron chi connectivity index (χ4n) is 1.81. The van der Waals surface area contributed by atoms with Crippen LogP contribution in [0.15, 0.2) is 36.4 Å². The molecule has 0 aliphatic carbocycles. The molecule has 0 radical (unpaired) electrons. The summed E-state index contributed by atoms with van der Waals surface area (Å²) < 4.78 is 10.1. The van der Waals surface area contributed by atoms with Gasteiger partial charge in [0.15, 0.2) is 5.75 Å². The smallest absolute Gasteiger partial charge is 0.343 e. The van der Waals surface area contributed by atoms with Gasteiger partial charge in [-0.05, 0) is 42.8 Å². The van der Waals surface area contributed by atoms with Crippen molar-refractivity contribution in [2.24, 2.45) is 0 Å². The second-order valence-electron chi connectivity index (χ2n) is 4.44. The standard InChI is InChI=1S/C15H12ClNO5/c1-9-7-11(4-5-12(9)16)22-15(18)10-3-6-14(21-2)13(8-10)17(19)20/h3-8H,1-2H3. The van der Waals surface area contributed by atoms with Crippen LogP contribution in [0.2, 0.25) is 5.02 Å². The summed E-state index contributed by atoms with van der Waals surface area (Å²) in [6.45, 7) is 1.78. The number of hydrogen-bond acceptors (Lipinski definition) is 5. The monoisotopic (exact) mass is 321 g/mol. The Hall–Kier alpha value is -2.60. The van der Waals surface area contributed by atoms with E-state index >= 15 is 0 Å². The third kappa shape index (κ3) is 3.35. The highest BCUT2D eigenvalue weighted by Gasteiger charge is 2.19. The molecule has 22 heavy (non-hydrogen) atoms. The number of ether oxygens (including phenoxy) is 2. The molecule has 0 aliphatic rings. The van der Waals surface area contributed by atoms with Gasteiger partial charge in [0.2, 0.25) is 0 Å². The minimum atomic E-state index is -0.701. The maximum Gasteiger partial charge on any atom is 0.343 e. The average Bonchev–Trinajstić information content (AvgIpc) is 2.50. The maximum absolute atomic E-state index is 12.1. The van der Waals surface area contributed by atoms with Crippen molar-refractivity contribution in [1.82, 2.24) is 0 Å². The Morgan fingerprint density at radius 1 is 1.23 bits per heavy atom. The van der Waals surface area contributed by atoms with Gasteiger partial charge in [0.25, 0.3) is 0 Å². The van der Waals surface area contributed by atoms with Gasteiger partial charge < -0.3 is 9.47 Å². The van der Waals surface area contributed by atoms with Crippen molar-refractivity contribution in [2.75, 3.05) is 7.11 Å². The molecule has 0 fully saturated rings. The molecule has 0 aliphatic heterocycles. The van der Waals surface area contributed by atoms with Gasteiger partial charge in [-0.1, -0.05) is 11.6 Å². The van der Waals surface area contributed by atoms with Crippen LogP contribution < -0.4 is 9.47 Å². The van der Waals surface area contributed by atoms with Crippen LogP contribution >= 0.6 is 11.6 Å². The molecule has 7 heteroatoms. The number of carbonyl (C=O) groups is 1. The number of esters is 1. The number of nitrogens with zero attached hydrogens (tertiary/aromatic N) is 1. The minimum Gasteiger partial charge on any atom is -0.490 e. The fourth-order valence-corrected chi connectivity index (χ4v) is 1.92. The summed E-state index contributed by atoms with van der Waals surface area (Å²) in [6, 6.07) is 8.63. The SMILES string of the molecule is COc1ccc(C(=O)Oc2ccc(Cl)c(C)c2)cc1[N+](=O)[O-]. The van der Waals surface area contributed by atoms with Gasteiger partial charge in [-0.2, -0.15) is 0 Å². The highest BCUT2D eigenvalue weighted by molar-refractivity contribution is 6.31. The Balaban J connectivity index is 2.27. The second kappa shape index (κ2) is 6.44. The molecular formula is C15H12ClNO5. The molecule has 0 saturated carbocycles. The van der Waals surface area contributed by atoms with E-state index in [4.69, 9.17) is 21.1 Å². The summed E-state index contributed by atoms with van der Waals surface area (Å²) in [7, 11) is 1.32. The zero-order valence-corrected chi connectivity index (χ0v) is 12.6. The summed E-state index contributed by atoms with van der Waals surface area (Å²) in [4.78, 5) is 22.4. The zero-order valence-electron chi connectivity index (χ0n) is 11.8.